The maximum atomic E-state index is 12.8. The summed E-state index contributed by atoms with van der Waals surface area (Å²) < 4.78 is 5.38. The number of carbonyl (C=O) groups is 2. The summed E-state index contributed by atoms with van der Waals surface area (Å²) in [7, 11) is 1.56. The highest BCUT2D eigenvalue weighted by atomic mass is 16.5. The van der Waals surface area contributed by atoms with Crippen molar-refractivity contribution in [2.24, 2.45) is 5.92 Å². The van der Waals surface area contributed by atoms with Crippen molar-refractivity contribution < 1.29 is 19.4 Å². The number of likely N-dealkylation sites (tertiary alicyclic amines) is 1. The van der Waals surface area contributed by atoms with Gasteiger partial charge >= 0.3 is 5.97 Å². The number of benzene rings is 1. The first-order chi connectivity index (χ1) is 12.4. The Hall–Kier alpha value is -2.83. The average Bonchev–Trinajstić information content (AvgIpc) is 3.28. The van der Waals surface area contributed by atoms with E-state index in [1.807, 2.05) is 32.0 Å². The molecule has 0 aliphatic carbocycles. The number of aliphatic carboxylic acids is 1. The first-order valence-corrected chi connectivity index (χ1v) is 8.62. The minimum atomic E-state index is -0.916. The molecule has 0 bridgehead atoms. The zero-order valence-corrected chi connectivity index (χ0v) is 15.1. The largest absolute Gasteiger partial charge is 0.496 e. The van der Waals surface area contributed by atoms with Crippen LogP contribution in [0.5, 0.6) is 5.75 Å². The van der Waals surface area contributed by atoms with Gasteiger partial charge in [-0.3, -0.25) is 14.7 Å². The lowest BCUT2D eigenvalue weighted by molar-refractivity contribution is -0.141. The van der Waals surface area contributed by atoms with Gasteiger partial charge in [-0.05, 0) is 23.6 Å². The fourth-order valence-electron chi connectivity index (χ4n) is 3.41. The van der Waals surface area contributed by atoms with Crippen LogP contribution in [0.1, 0.15) is 47.4 Å². The SMILES string of the molecule is COc1ccccc1[C@@H]1CN(C(=O)c2cc(C(C)C)[nH]n2)C[C@H]1C(=O)O. The Bertz CT molecular complexity index is 815. The maximum absolute atomic E-state index is 12.8. The van der Waals surface area contributed by atoms with Crippen LogP contribution in [0.15, 0.2) is 30.3 Å². The summed E-state index contributed by atoms with van der Waals surface area (Å²) in [4.78, 5) is 26.1. The molecular weight excluding hydrogens is 334 g/mol. The minimum Gasteiger partial charge on any atom is -0.496 e. The second kappa shape index (κ2) is 7.19. The molecule has 0 unspecified atom stereocenters. The van der Waals surface area contributed by atoms with E-state index in [1.54, 1.807) is 24.1 Å². The number of nitrogens with one attached hydrogen (secondary N) is 1. The van der Waals surface area contributed by atoms with E-state index in [0.717, 1.165) is 11.3 Å². The van der Waals surface area contributed by atoms with E-state index in [-0.39, 0.29) is 24.3 Å². The van der Waals surface area contributed by atoms with Crippen molar-refractivity contribution in [1.29, 1.82) is 0 Å². The molecule has 7 heteroatoms. The Kier molecular flexibility index (Phi) is 4.97. The van der Waals surface area contributed by atoms with Gasteiger partial charge < -0.3 is 14.7 Å². The summed E-state index contributed by atoms with van der Waals surface area (Å²) in [6.07, 6.45) is 0. The van der Waals surface area contributed by atoms with Crippen LogP contribution in [-0.4, -0.2) is 52.3 Å². The van der Waals surface area contributed by atoms with E-state index in [4.69, 9.17) is 4.74 Å². The normalized spacial score (nSPS) is 19.8. The summed E-state index contributed by atoms with van der Waals surface area (Å²) in [6, 6.07) is 9.09. The molecule has 3 rings (SSSR count). The standard InChI is InChI=1S/C19H23N3O4/c1-11(2)15-8-16(21-20-15)18(23)22-9-13(14(10-22)19(24)25)12-6-4-5-7-17(12)26-3/h4-8,11,13-14H,9-10H2,1-3H3,(H,20,21)(H,24,25)/t13-,14+/m0/s1. The Morgan fingerprint density at radius 3 is 2.65 bits per heavy atom. The lowest BCUT2D eigenvalue weighted by atomic mass is 9.88. The number of para-hydroxylation sites is 1. The predicted octanol–water partition coefficient (Wildman–Crippen LogP) is 2.48. The summed E-state index contributed by atoms with van der Waals surface area (Å²) in [5.41, 5.74) is 2.00. The van der Waals surface area contributed by atoms with Crippen molar-refractivity contribution in [1.82, 2.24) is 15.1 Å². The van der Waals surface area contributed by atoms with Crippen molar-refractivity contribution >= 4 is 11.9 Å². The highest BCUT2D eigenvalue weighted by molar-refractivity contribution is 5.93. The number of H-pyrrole nitrogens is 1. The van der Waals surface area contributed by atoms with Crippen molar-refractivity contribution in [3.8, 4) is 5.75 Å². The molecule has 7 nitrogen and oxygen atoms in total. The van der Waals surface area contributed by atoms with Crippen molar-refractivity contribution in [2.45, 2.75) is 25.7 Å². The first kappa shape index (κ1) is 18.0. The number of rotatable bonds is 5. The zero-order valence-electron chi connectivity index (χ0n) is 15.1. The zero-order chi connectivity index (χ0) is 18.8. The van der Waals surface area contributed by atoms with Gasteiger partial charge in [0.25, 0.3) is 5.91 Å². The van der Waals surface area contributed by atoms with E-state index in [1.165, 1.54) is 0 Å². The van der Waals surface area contributed by atoms with Crippen molar-refractivity contribution in [3.05, 3.63) is 47.3 Å². The second-order valence-electron chi connectivity index (χ2n) is 6.87. The molecule has 1 amide bonds. The lowest BCUT2D eigenvalue weighted by Crippen LogP contribution is -2.30. The molecule has 0 spiro atoms. The van der Waals surface area contributed by atoms with Crippen LogP contribution in [0.3, 0.4) is 0 Å². The topological polar surface area (TPSA) is 95.5 Å². The van der Waals surface area contributed by atoms with Crippen molar-refractivity contribution in [3.63, 3.8) is 0 Å². The molecule has 1 aliphatic heterocycles. The number of hydrogen-bond donors (Lipinski definition) is 2. The van der Waals surface area contributed by atoms with Gasteiger partial charge in [0.05, 0.1) is 13.0 Å². The smallest absolute Gasteiger partial charge is 0.308 e. The van der Waals surface area contributed by atoms with Crippen LogP contribution >= 0.6 is 0 Å². The number of carboxylic acid groups (broad SMARTS) is 1. The number of ether oxygens (including phenoxy) is 1. The van der Waals surface area contributed by atoms with Crippen LogP contribution in [0.25, 0.3) is 0 Å². The molecule has 1 aromatic carbocycles. The van der Waals surface area contributed by atoms with E-state index in [0.29, 0.717) is 18.0 Å². The van der Waals surface area contributed by atoms with E-state index < -0.39 is 11.9 Å². The van der Waals surface area contributed by atoms with E-state index in [2.05, 4.69) is 10.2 Å². The molecule has 2 aromatic rings. The van der Waals surface area contributed by atoms with Crippen LogP contribution in [0.4, 0.5) is 0 Å². The quantitative estimate of drug-likeness (QED) is 0.857. The Labute approximate surface area is 152 Å². The fourth-order valence-corrected chi connectivity index (χ4v) is 3.41. The van der Waals surface area contributed by atoms with Gasteiger partial charge in [0.1, 0.15) is 11.4 Å². The Balaban J connectivity index is 1.87. The van der Waals surface area contributed by atoms with Crippen LogP contribution < -0.4 is 4.74 Å². The number of carbonyl (C=O) groups excluding carboxylic acids is 1. The number of nitrogens with zero attached hydrogens (tertiary/aromatic N) is 2. The molecule has 2 atom stereocenters. The first-order valence-electron chi connectivity index (χ1n) is 8.62. The summed E-state index contributed by atoms with van der Waals surface area (Å²) >= 11 is 0. The molecule has 26 heavy (non-hydrogen) atoms. The molecule has 2 N–H and O–H groups in total. The summed E-state index contributed by atoms with van der Waals surface area (Å²) in [6.45, 7) is 4.49. The summed E-state index contributed by atoms with van der Waals surface area (Å²) in [5, 5.41) is 16.6. The molecule has 138 valence electrons. The van der Waals surface area contributed by atoms with E-state index in [9.17, 15) is 14.7 Å². The average molecular weight is 357 g/mol. The Morgan fingerprint density at radius 2 is 2.04 bits per heavy atom. The monoisotopic (exact) mass is 357 g/mol. The minimum absolute atomic E-state index is 0.154. The highest BCUT2D eigenvalue weighted by Gasteiger charge is 2.42. The predicted molar refractivity (Wildman–Crippen MR) is 95.4 cm³/mol. The molecule has 1 aromatic heterocycles. The van der Waals surface area contributed by atoms with Gasteiger partial charge in [-0.25, -0.2) is 0 Å². The number of hydrogen-bond acceptors (Lipinski definition) is 4. The van der Waals surface area contributed by atoms with Gasteiger partial charge in [0, 0.05) is 24.7 Å². The number of methoxy groups -OCH3 is 1. The van der Waals surface area contributed by atoms with Crippen LogP contribution in [0, 0.1) is 5.92 Å². The summed E-state index contributed by atoms with van der Waals surface area (Å²) in [5.74, 6) is -1.30. The van der Waals surface area contributed by atoms with Gasteiger partial charge in [-0.2, -0.15) is 5.10 Å². The lowest BCUT2D eigenvalue weighted by Gasteiger charge is -2.18. The molecular formula is C19H23N3O4. The number of aromatic nitrogens is 2. The number of amides is 1. The van der Waals surface area contributed by atoms with Crippen LogP contribution in [0.2, 0.25) is 0 Å². The molecule has 0 radical (unpaired) electrons. The van der Waals surface area contributed by atoms with Gasteiger partial charge in [-0.15, -0.1) is 0 Å². The Morgan fingerprint density at radius 1 is 1.31 bits per heavy atom. The van der Waals surface area contributed by atoms with Gasteiger partial charge in [-0.1, -0.05) is 32.0 Å². The van der Waals surface area contributed by atoms with Crippen LogP contribution in [-0.2, 0) is 4.79 Å². The third kappa shape index (κ3) is 3.29. The second-order valence-corrected chi connectivity index (χ2v) is 6.87. The maximum Gasteiger partial charge on any atom is 0.308 e. The number of aromatic amines is 1. The van der Waals surface area contributed by atoms with Gasteiger partial charge in [0.15, 0.2) is 0 Å². The van der Waals surface area contributed by atoms with E-state index >= 15 is 0 Å². The molecule has 2 heterocycles. The molecule has 0 saturated carbocycles. The van der Waals surface area contributed by atoms with Gasteiger partial charge in [0.2, 0.25) is 0 Å². The molecule has 1 aliphatic rings. The third-order valence-electron chi connectivity index (χ3n) is 4.90. The van der Waals surface area contributed by atoms with Crippen molar-refractivity contribution in [2.75, 3.05) is 20.2 Å². The number of carboxylic acids is 1. The molecule has 1 saturated heterocycles. The third-order valence-corrected chi connectivity index (χ3v) is 4.90. The fraction of sp³-hybridized carbons (Fsp3) is 0.421. The highest BCUT2D eigenvalue weighted by Crippen LogP contribution is 2.38. The molecule has 1 fully saturated rings.